The van der Waals surface area contributed by atoms with Crippen LogP contribution in [0, 0.1) is 0 Å². The van der Waals surface area contributed by atoms with E-state index in [4.69, 9.17) is 4.74 Å². The number of ether oxygens (including phenoxy) is 1. The minimum atomic E-state index is 0.851. The van der Waals surface area contributed by atoms with E-state index in [1.54, 1.807) is 0 Å². The summed E-state index contributed by atoms with van der Waals surface area (Å²) in [6.07, 6.45) is 10.1. The molecule has 23 heavy (non-hydrogen) atoms. The fourth-order valence-electron chi connectivity index (χ4n) is 3.54. The van der Waals surface area contributed by atoms with Crippen LogP contribution in [0.25, 0.3) is 11.1 Å². The number of hydrogen-bond acceptors (Lipinski definition) is 1. The first kappa shape index (κ1) is 16.1. The van der Waals surface area contributed by atoms with Crippen molar-refractivity contribution in [2.45, 2.75) is 58.3 Å². The number of hydrogen-bond donors (Lipinski definition) is 0. The zero-order valence-corrected chi connectivity index (χ0v) is 14.3. The molecule has 2 aromatic carbocycles. The van der Waals surface area contributed by atoms with Crippen molar-refractivity contribution >= 4 is 0 Å². The molecular weight excluding hydrogens is 280 g/mol. The molecule has 0 unspecified atom stereocenters. The smallest absolute Gasteiger partial charge is 0.123 e. The van der Waals surface area contributed by atoms with Gasteiger partial charge in [-0.3, -0.25) is 0 Å². The molecule has 0 aliphatic heterocycles. The molecule has 0 saturated carbocycles. The summed E-state index contributed by atoms with van der Waals surface area (Å²) in [5.74, 6) is 1.10. The molecule has 1 heteroatoms. The van der Waals surface area contributed by atoms with E-state index in [0.717, 1.165) is 25.2 Å². The average molecular weight is 308 g/mol. The van der Waals surface area contributed by atoms with E-state index in [9.17, 15) is 0 Å². The Morgan fingerprint density at radius 2 is 1.57 bits per heavy atom. The first-order chi connectivity index (χ1) is 11.4. The molecule has 0 radical (unpaired) electrons. The second-order valence-corrected chi connectivity index (χ2v) is 6.56. The van der Waals surface area contributed by atoms with Crippen LogP contribution in [0.1, 0.15) is 56.6 Å². The normalized spacial score (nSPS) is 12.6. The Bertz CT molecular complexity index is 630. The average Bonchev–Trinajstić information content (AvgIpc) is 2.61. The molecule has 0 atom stereocenters. The molecule has 0 N–H and O–H groups in total. The summed E-state index contributed by atoms with van der Waals surface area (Å²) in [5, 5.41) is 0. The SMILES string of the molecule is CCCCCCCCOc1cccc2c1CCc1ccccc1-2. The second kappa shape index (κ2) is 8.19. The summed E-state index contributed by atoms with van der Waals surface area (Å²) >= 11 is 0. The van der Waals surface area contributed by atoms with E-state index in [2.05, 4.69) is 49.4 Å². The summed E-state index contributed by atoms with van der Waals surface area (Å²) in [6, 6.07) is 15.3. The zero-order valence-electron chi connectivity index (χ0n) is 14.3. The molecule has 0 saturated heterocycles. The quantitative estimate of drug-likeness (QED) is 0.528. The Hall–Kier alpha value is -1.76. The molecule has 0 fully saturated rings. The van der Waals surface area contributed by atoms with Gasteiger partial charge in [0.25, 0.3) is 0 Å². The van der Waals surface area contributed by atoms with Crippen molar-refractivity contribution in [3.63, 3.8) is 0 Å². The predicted octanol–water partition coefficient (Wildman–Crippen LogP) is 6.19. The lowest BCUT2D eigenvalue weighted by atomic mass is 9.85. The fraction of sp³-hybridized carbons (Fsp3) is 0.455. The van der Waals surface area contributed by atoms with Gasteiger partial charge in [-0.25, -0.2) is 0 Å². The molecule has 0 bridgehead atoms. The molecule has 0 amide bonds. The highest BCUT2D eigenvalue weighted by Crippen LogP contribution is 2.37. The number of unbranched alkanes of at least 4 members (excludes halogenated alkanes) is 5. The van der Waals surface area contributed by atoms with Crippen molar-refractivity contribution < 1.29 is 4.74 Å². The van der Waals surface area contributed by atoms with Gasteiger partial charge in [0.15, 0.2) is 0 Å². The van der Waals surface area contributed by atoms with Crippen LogP contribution in [0.15, 0.2) is 42.5 Å². The number of aryl methyl sites for hydroxylation is 1. The molecule has 3 rings (SSSR count). The summed E-state index contributed by atoms with van der Waals surface area (Å²) in [5.41, 5.74) is 5.62. The third-order valence-corrected chi connectivity index (χ3v) is 4.84. The van der Waals surface area contributed by atoms with E-state index in [-0.39, 0.29) is 0 Å². The van der Waals surface area contributed by atoms with E-state index in [1.807, 2.05) is 0 Å². The van der Waals surface area contributed by atoms with Gasteiger partial charge in [0.2, 0.25) is 0 Å². The van der Waals surface area contributed by atoms with Crippen molar-refractivity contribution in [1.82, 2.24) is 0 Å². The molecule has 0 spiro atoms. The van der Waals surface area contributed by atoms with E-state index < -0.39 is 0 Å². The monoisotopic (exact) mass is 308 g/mol. The van der Waals surface area contributed by atoms with Crippen molar-refractivity contribution in [3.05, 3.63) is 53.6 Å². The molecule has 1 nitrogen and oxygen atoms in total. The minimum Gasteiger partial charge on any atom is -0.493 e. The van der Waals surface area contributed by atoms with Gasteiger partial charge in [0, 0.05) is 5.56 Å². The van der Waals surface area contributed by atoms with Crippen LogP contribution in [0.2, 0.25) is 0 Å². The number of rotatable bonds is 8. The van der Waals surface area contributed by atoms with Crippen LogP contribution in [-0.4, -0.2) is 6.61 Å². The largest absolute Gasteiger partial charge is 0.493 e. The highest BCUT2D eigenvalue weighted by atomic mass is 16.5. The van der Waals surface area contributed by atoms with Crippen molar-refractivity contribution in [2.75, 3.05) is 6.61 Å². The Morgan fingerprint density at radius 1 is 0.783 bits per heavy atom. The minimum absolute atomic E-state index is 0.851. The van der Waals surface area contributed by atoms with E-state index in [1.165, 1.54) is 60.8 Å². The third-order valence-electron chi connectivity index (χ3n) is 4.84. The maximum Gasteiger partial charge on any atom is 0.123 e. The Labute approximate surface area is 140 Å². The fourth-order valence-corrected chi connectivity index (χ4v) is 3.54. The molecule has 122 valence electrons. The molecule has 1 aliphatic carbocycles. The highest BCUT2D eigenvalue weighted by Gasteiger charge is 2.18. The first-order valence-electron chi connectivity index (χ1n) is 9.23. The predicted molar refractivity (Wildman–Crippen MR) is 98.2 cm³/mol. The third kappa shape index (κ3) is 3.96. The topological polar surface area (TPSA) is 9.23 Å². The van der Waals surface area contributed by atoms with Crippen LogP contribution in [0.4, 0.5) is 0 Å². The lowest BCUT2D eigenvalue weighted by Gasteiger charge is -2.22. The van der Waals surface area contributed by atoms with E-state index >= 15 is 0 Å². The van der Waals surface area contributed by atoms with Gasteiger partial charge in [-0.1, -0.05) is 75.4 Å². The summed E-state index contributed by atoms with van der Waals surface area (Å²) < 4.78 is 6.13. The highest BCUT2D eigenvalue weighted by molar-refractivity contribution is 5.75. The van der Waals surface area contributed by atoms with Gasteiger partial charge in [-0.2, -0.15) is 0 Å². The maximum atomic E-state index is 6.13. The van der Waals surface area contributed by atoms with Crippen LogP contribution in [0.3, 0.4) is 0 Å². The molecule has 2 aromatic rings. The summed E-state index contributed by atoms with van der Waals surface area (Å²) in [6.45, 7) is 3.12. The molecule has 0 heterocycles. The van der Waals surface area contributed by atoms with Crippen LogP contribution < -0.4 is 4.74 Å². The lowest BCUT2D eigenvalue weighted by Crippen LogP contribution is -2.07. The Balaban J connectivity index is 1.60. The second-order valence-electron chi connectivity index (χ2n) is 6.56. The van der Waals surface area contributed by atoms with Crippen LogP contribution in [0.5, 0.6) is 5.75 Å². The first-order valence-corrected chi connectivity index (χ1v) is 9.23. The lowest BCUT2D eigenvalue weighted by molar-refractivity contribution is 0.301. The molecule has 0 aromatic heterocycles. The number of benzene rings is 2. The standard InChI is InChI=1S/C22H28O/c1-2-3-4-5-6-9-17-23-22-14-10-13-20-19-12-8-7-11-18(19)15-16-21(20)22/h7-8,10-14H,2-6,9,15-17H2,1H3. The number of fused-ring (bicyclic) bond motifs is 3. The summed E-state index contributed by atoms with van der Waals surface area (Å²) in [7, 11) is 0. The van der Waals surface area contributed by atoms with Gasteiger partial charge in [0.1, 0.15) is 5.75 Å². The van der Waals surface area contributed by atoms with Crippen molar-refractivity contribution in [3.8, 4) is 16.9 Å². The van der Waals surface area contributed by atoms with Gasteiger partial charge >= 0.3 is 0 Å². The van der Waals surface area contributed by atoms with Gasteiger partial charge in [-0.05, 0) is 42.0 Å². The van der Waals surface area contributed by atoms with Gasteiger partial charge < -0.3 is 4.74 Å². The van der Waals surface area contributed by atoms with Crippen LogP contribution in [-0.2, 0) is 12.8 Å². The van der Waals surface area contributed by atoms with Crippen LogP contribution >= 0.6 is 0 Å². The Morgan fingerprint density at radius 3 is 2.48 bits per heavy atom. The van der Waals surface area contributed by atoms with Gasteiger partial charge in [0.05, 0.1) is 6.61 Å². The summed E-state index contributed by atoms with van der Waals surface area (Å²) in [4.78, 5) is 0. The van der Waals surface area contributed by atoms with Crippen molar-refractivity contribution in [2.24, 2.45) is 0 Å². The Kier molecular flexibility index (Phi) is 5.74. The molecular formula is C22H28O. The van der Waals surface area contributed by atoms with E-state index in [0.29, 0.717) is 0 Å². The maximum absolute atomic E-state index is 6.13. The molecule has 1 aliphatic rings. The van der Waals surface area contributed by atoms with Crippen molar-refractivity contribution in [1.29, 1.82) is 0 Å². The van der Waals surface area contributed by atoms with Gasteiger partial charge in [-0.15, -0.1) is 0 Å². The zero-order chi connectivity index (χ0) is 15.9.